The predicted molar refractivity (Wildman–Crippen MR) is 126 cm³/mol. The Kier molecular flexibility index (Phi) is 9.56. The molecular formula is C24H35F3N4O4. The number of halogens is 3. The van der Waals surface area contributed by atoms with Crippen LogP contribution in [0.15, 0.2) is 18.2 Å². The van der Waals surface area contributed by atoms with Gasteiger partial charge in [-0.2, -0.15) is 18.3 Å². The number of likely N-dealkylation sites (N-methyl/N-ethyl adjacent to an activating group) is 2. The molecule has 1 heterocycles. The highest BCUT2D eigenvalue weighted by atomic mass is 19.4. The molecule has 196 valence electrons. The van der Waals surface area contributed by atoms with Gasteiger partial charge in [0.15, 0.2) is 0 Å². The molecule has 2 aromatic rings. The lowest BCUT2D eigenvalue weighted by Crippen LogP contribution is -2.38. The van der Waals surface area contributed by atoms with Crippen LogP contribution in [0.25, 0.3) is 11.3 Å². The number of nitrogens with zero attached hydrogens (tertiary/aromatic N) is 3. The van der Waals surface area contributed by atoms with E-state index in [0.29, 0.717) is 30.9 Å². The first-order valence-electron chi connectivity index (χ1n) is 11.2. The summed E-state index contributed by atoms with van der Waals surface area (Å²) in [6.07, 6.45) is -4.96. The molecule has 8 nitrogen and oxygen atoms in total. The van der Waals surface area contributed by atoms with Crippen LogP contribution in [-0.2, 0) is 22.2 Å². The molecule has 1 N–H and O–H groups in total. The van der Waals surface area contributed by atoms with Crippen LogP contribution in [0.1, 0.15) is 37.6 Å². The van der Waals surface area contributed by atoms with E-state index in [-0.39, 0.29) is 19.0 Å². The van der Waals surface area contributed by atoms with Crippen molar-refractivity contribution in [2.45, 2.75) is 46.0 Å². The summed E-state index contributed by atoms with van der Waals surface area (Å²) < 4.78 is 56.4. The van der Waals surface area contributed by atoms with Crippen molar-refractivity contribution in [3.05, 3.63) is 35.0 Å². The number of aromatic nitrogens is 2. The lowest BCUT2D eigenvalue weighted by Gasteiger charge is -2.26. The van der Waals surface area contributed by atoms with Crippen LogP contribution < -0.4 is 4.74 Å². The maximum absolute atomic E-state index is 13.6. The van der Waals surface area contributed by atoms with Gasteiger partial charge in [0.2, 0.25) is 0 Å². The van der Waals surface area contributed by atoms with E-state index < -0.39 is 23.4 Å². The Bertz CT molecular complexity index is 986. The number of benzene rings is 1. The summed E-state index contributed by atoms with van der Waals surface area (Å²) in [6, 6.07) is 3.58. The topological polar surface area (TPSA) is 79.9 Å². The minimum atomic E-state index is -4.54. The van der Waals surface area contributed by atoms with E-state index in [9.17, 15) is 18.0 Å². The van der Waals surface area contributed by atoms with Crippen molar-refractivity contribution in [1.82, 2.24) is 20.0 Å². The molecule has 0 radical (unpaired) electrons. The van der Waals surface area contributed by atoms with Crippen molar-refractivity contribution in [2.75, 3.05) is 47.5 Å². The van der Waals surface area contributed by atoms with Crippen LogP contribution in [0.5, 0.6) is 5.75 Å². The second-order valence-corrected chi connectivity index (χ2v) is 9.40. The maximum Gasteiger partial charge on any atom is 0.416 e. The summed E-state index contributed by atoms with van der Waals surface area (Å²) in [4.78, 5) is 15.6. The molecular weight excluding hydrogens is 465 g/mol. The van der Waals surface area contributed by atoms with Gasteiger partial charge in [-0.15, -0.1) is 0 Å². The molecule has 1 aromatic carbocycles. The second kappa shape index (κ2) is 11.8. The Morgan fingerprint density at radius 3 is 2.37 bits per heavy atom. The molecule has 0 saturated carbocycles. The largest absolute Gasteiger partial charge is 0.491 e. The zero-order valence-corrected chi connectivity index (χ0v) is 21.4. The highest BCUT2D eigenvalue weighted by Crippen LogP contribution is 2.36. The average Bonchev–Trinajstić information content (AvgIpc) is 3.10. The number of methoxy groups -OCH3 is 1. The zero-order valence-electron chi connectivity index (χ0n) is 21.4. The van der Waals surface area contributed by atoms with Gasteiger partial charge in [0.25, 0.3) is 0 Å². The van der Waals surface area contributed by atoms with Crippen LogP contribution in [0.3, 0.4) is 0 Å². The molecule has 0 aliphatic rings. The Labute approximate surface area is 204 Å². The summed E-state index contributed by atoms with van der Waals surface area (Å²) in [6.45, 7) is 8.94. The number of rotatable bonds is 10. The van der Waals surface area contributed by atoms with Crippen molar-refractivity contribution >= 4 is 6.09 Å². The standard InChI is InChI=1S/C24H35F3N4O4/c1-16-20(15-30(5)8-9-31(6)22(32)35-23(2,3)4)21(29-28-16)17-12-18(24(25,26)27)14-19(13-17)34-11-10-33-7/h12-14H,8-11,15H2,1-7H3,(H,28,29). The molecule has 1 aromatic heterocycles. The normalized spacial score (nSPS) is 12.2. The summed E-state index contributed by atoms with van der Waals surface area (Å²) in [7, 11) is 5.01. The molecule has 1 amide bonds. The van der Waals surface area contributed by atoms with Gasteiger partial charge >= 0.3 is 12.3 Å². The highest BCUT2D eigenvalue weighted by Gasteiger charge is 2.32. The summed E-state index contributed by atoms with van der Waals surface area (Å²) in [5, 5.41) is 7.16. The van der Waals surface area contributed by atoms with E-state index in [0.717, 1.165) is 23.4 Å². The fraction of sp³-hybridized carbons (Fsp3) is 0.583. The molecule has 0 aliphatic heterocycles. The summed E-state index contributed by atoms with van der Waals surface area (Å²) in [5.41, 5.74) is 0.808. The molecule has 0 fully saturated rings. The molecule has 11 heteroatoms. The lowest BCUT2D eigenvalue weighted by atomic mass is 10.0. The highest BCUT2D eigenvalue weighted by molar-refractivity contribution is 5.68. The molecule has 0 spiro atoms. The molecule has 35 heavy (non-hydrogen) atoms. The monoisotopic (exact) mass is 500 g/mol. The number of aromatic amines is 1. The van der Waals surface area contributed by atoms with Crippen LogP contribution in [0, 0.1) is 6.92 Å². The third-order valence-electron chi connectivity index (χ3n) is 5.09. The minimum Gasteiger partial charge on any atom is -0.491 e. The SMILES string of the molecule is COCCOc1cc(-c2n[nH]c(C)c2CN(C)CCN(C)C(=O)OC(C)(C)C)cc(C(F)(F)F)c1. The number of hydrogen-bond acceptors (Lipinski definition) is 6. The van der Waals surface area contributed by atoms with Crippen LogP contribution >= 0.6 is 0 Å². The first-order valence-corrected chi connectivity index (χ1v) is 11.2. The van der Waals surface area contributed by atoms with Crippen molar-refractivity contribution in [1.29, 1.82) is 0 Å². The molecule has 0 unspecified atom stereocenters. The number of carbonyl (C=O) groups is 1. The van der Waals surface area contributed by atoms with Crippen molar-refractivity contribution in [3.63, 3.8) is 0 Å². The number of hydrogen-bond donors (Lipinski definition) is 1. The van der Waals surface area contributed by atoms with Crippen LogP contribution in [0.4, 0.5) is 18.0 Å². The second-order valence-electron chi connectivity index (χ2n) is 9.40. The number of carbonyl (C=O) groups excluding carboxylic acids is 1. The van der Waals surface area contributed by atoms with E-state index in [1.54, 1.807) is 33.9 Å². The predicted octanol–water partition coefficient (Wildman–Crippen LogP) is 4.73. The van der Waals surface area contributed by atoms with Gasteiger partial charge in [0, 0.05) is 50.6 Å². The molecule has 0 atom stereocenters. The number of H-pyrrole nitrogens is 1. The van der Waals surface area contributed by atoms with Gasteiger partial charge in [0.1, 0.15) is 18.0 Å². The van der Waals surface area contributed by atoms with E-state index in [4.69, 9.17) is 14.2 Å². The van der Waals surface area contributed by atoms with E-state index >= 15 is 0 Å². The summed E-state index contributed by atoms with van der Waals surface area (Å²) >= 11 is 0. The first kappa shape index (κ1) is 28.4. The van der Waals surface area contributed by atoms with Gasteiger partial charge in [-0.1, -0.05) is 0 Å². The van der Waals surface area contributed by atoms with E-state index in [2.05, 4.69) is 10.2 Å². The quantitative estimate of drug-likeness (QED) is 0.476. The number of ether oxygens (including phenoxy) is 3. The zero-order chi connectivity index (χ0) is 26.4. The minimum absolute atomic E-state index is 0.0887. The Balaban J connectivity index is 2.21. The number of nitrogens with one attached hydrogen (secondary N) is 1. The smallest absolute Gasteiger partial charge is 0.416 e. The lowest BCUT2D eigenvalue weighted by molar-refractivity contribution is -0.137. The molecule has 2 rings (SSSR count). The van der Waals surface area contributed by atoms with Gasteiger partial charge in [-0.05, 0) is 52.9 Å². The Hall–Kier alpha value is -2.79. The van der Waals surface area contributed by atoms with Crippen LogP contribution in [-0.4, -0.2) is 79.2 Å². The van der Waals surface area contributed by atoms with E-state index in [1.165, 1.54) is 12.0 Å². The fourth-order valence-corrected chi connectivity index (χ4v) is 3.21. The van der Waals surface area contributed by atoms with Gasteiger partial charge in [-0.3, -0.25) is 5.10 Å². The average molecular weight is 501 g/mol. The van der Waals surface area contributed by atoms with Gasteiger partial charge in [-0.25, -0.2) is 4.79 Å². The Morgan fingerprint density at radius 2 is 1.77 bits per heavy atom. The molecule has 0 saturated heterocycles. The van der Waals surface area contributed by atoms with Gasteiger partial charge < -0.3 is 24.0 Å². The van der Waals surface area contributed by atoms with Crippen molar-refractivity contribution in [2.24, 2.45) is 0 Å². The number of amides is 1. The Morgan fingerprint density at radius 1 is 1.09 bits per heavy atom. The fourth-order valence-electron chi connectivity index (χ4n) is 3.21. The van der Waals surface area contributed by atoms with Gasteiger partial charge in [0.05, 0.1) is 17.9 Å². The molecule has 0 bridgehead atoms. The van der Waals surface area contributed by atoms with Crippen molar-refractivity contribution < 1.29 is 32.2 Å². The molecule has 0 aliphatic carbocycles. The van der Waals surface area contributed by atoms with E-state index in [1.807, 2.05) is 18.9 Å². The number of aryl methyl sites for hydroxylation is 1. The maximum atomic E-state index is 13.6. The third kappa shape index (κ3) is 8.74. The van der Waals surface area contributed by atoms with Crippen molar-refractivity contribution in [3.8, 4) is 17.0 Å². The number of alkyl halides is 3. The third-order valence-corrected chi connectivity index (χ3v) is 5.09. The first-order chi connectivity index (χ1) is 16.2. The summed E-state index contributed by atoms with van der Waals surface area (Å²) in [5.74, 6) is 0.0887. The van der Waals surface area contributed by atoms with Crippen LogP contribution in [0.2, 0.25) is 0 Å².